The van der Waals surface area contributed by atoms with Gasteiger partial charge in [-0.15, -0.1) is 0 Å². The van der Waals surface area contributed by atoms with Crippen molar-refractivity contribution >= 4 is 23.6 Å². The molecule has 114 valence electrons. The van der Waals surface area contributed by atoms with E-state index in [1.165, 1.54) is 6.07 Å². The van der Waals surface area contributed by atoms with E-state index in [9.17, 15) is 18.0 Å². The van der Waals surface area contributed by atoms with Gasteiger partial charge in [-0.3, -0.25) is 4.79 Å². The van der Waals surface area contributed by atoms with Crippen molar-refractivity contribution in [1.82, 2.24) is 4.90 Å². The second kappa shape index (κ2) is 7.48. The highest BCUT2D eigenvalue weighted by Crippen LogP contribution is 2.35. The first-order chi connectivity index (χ1) is 10.3. The quantitative estimate of drug-likeness (QED) is 0.629. The van der Waals surface area contributed by atoms with Gasteiger partial charge in [-0.1, -0.05) is 17.7 Å². The van der Waals surface area contributed by atoms with Gasteiger partial charge in [0.25, 0.3) is 0 Å². The molecular formula is C14H9ClF3N3O. The van der Waals surface area contributed by atoms with Gasteiger partial charge in [-0.25, -0.2) is 0 Å². The number of benzene rings is 1. The van der Waals surface area contributed by atoms with Gasteiger partial charge in [0.15, 0.2) is 0 Å². The predicted octanol–water partition coefficient (Wildman–Crippen LogP) is 3.25. The van der Waals surface area contributed by atoms with E-state index in [0.717, 1.165) is 29.2 Å². The summed E-state index contributed by atoms with van der Waals surface area (Å²) in [4.78, 5) is 12.7. The first kappa shape index (κ1) is 17.5. The highest BCUT2D eigenvalue weighted by Gasteiger charge is 2.33. The second-order valence-electron chi connectivity index (χ2n) is 4.08. The molecule has 0 saturated carbocycles. The molecule has 1 rings (SSSR count). The fourth-order valence-electron chi connectivity index (χ4n) is 1.52. The minimum atomic E-state index is -4.60. The minimum Gasteiger partial charge on any atom is -0.313 e. The van der Waals surface area contributed by atoms with Crippen LogP contribution in [0, 0.1) is 22.7 Å². The first-order valence-corrected chi connectivity index (χ1v) is 6.25. The zero-order valence-electron chi connectivity index (χ0n) is 11.1. The van der Waals surface area contributed by atoms with E-state index in [1.54, 1.807) is 12.1 Å². The monoisotopic (exact) mass is 327 g/mol. The number of hydrogen-bond donors (Lipinski definition) is 0. The number of rotatable bonds is 4. The maximum absolute atomic E-state index is 12.7. The average Bonchev–Trinajstić information content (AvgIpc) is 2.44. The van der Waals surface area contributed by atoms with Crippen LogP contribution < -0.4 is 0 Å². The Morgan fingerprint density at radius 3 is 2.36 bits per heavy atom. The van der Waals surface area contributed by atoms with Crippen LogP contribution in [0.4, 0.5) is 13.2 Å². The van der Waals surface area contributed by atoms with Crippen molar-refractivity contribution in [1.29, 1.82) is 10.5 Å². The highest BCUT2D eigenvalue weighted by molar-refractivity contribution is 6.31. The van der Waals surface area contributed by atoms with Crippen molar-refractivity contribution in [2.24, 2.45) is 0 Å². The number of halogens is 4. The van der Waals surface area contributed by atoms with Crippen LogP contribution >= 0.6 is 11.6 Å². The smallest absolute Gasteiger partial charge is 0.313 e. The summed E-state index contributed by atoms with van der Waals surface area (Å²) >= 11 is 5.49. The molecule has 22 heavy (non-hydrogen) atoms. The molecule has 0 unspecified atom stereocenters. The fraction of sp³-hybridized carbons (Fsp3) is 0.214. The number of amides is 1. The molecule has 0 aliphatic rings. The third kappa shape index (κ3) is 4.80. The Bertz CT molecular complexity index is 655. The molecule has 0 heterocycles. The standard InChI is InChI=1S/C14H9ClF3N3O/c15-12-3-1-10(9-11(12)14(16,17)18)2-4-13(22)21(7-5-19)8-6-20/h1-4,9H,7-8H2/b4-2+. The lowest BCUT2D eigenvalue weighted by Gasteiger charge is -2.13. The maximum Gasteiger partial charge on any atom is 0.417 e. The van der Waals surface area contributed by atoms with Gasteiger partial charge in [0, 0.05) is 6.08 Å². The Labute approximate surface area is 129 Å². The molecule has 0 aliphatic heterocycles. The normalized spacial score (nSPS) is 11.0. The lowest BCUT2D eigenvalue weighted by molar-refractivity contribution is -0.137. The van der Waals surface area contributed by atoms with Crippen LogP contribution in [0.1, 0.15) is 11.1 Å². The van der Waals surface area contributed by atoms with Gasteiger partial charge in [-0.05, 0) is 23.8 Å². The number of nitrogens with zero attached hydrogens (tertiary/aromatic N) is 3. The lowest BCUT2D eigenvalue weighted by Crippen LogP contribution is -2.30. The molecule has 0 saturated heterocycles. The summed E-state index contributed by atoms with van der Waals surface area (Å²) < 4.78 is 38.1. The second-order valence-corrected chi connectivity index (χ2v) is 4.49. The molecule has 1 amide bonds. The summed E-state index contributed by atoms with van der Waals surface area (Å²) in [5, 5.41) is 16.6. The summed E-state index contributed by atoms with van der Waals surface area (Å²) in [6.45, 7) is -0.573. The average molecular weight is 328 g/mol. The summed E-state index contributed by atoms with van der Waals surface area (Å²) in [5.74, 6) is -0.647. The molecule has 0 spiro atoms. The Hall–Kier alpha value is -2.51. The van der Waals surface area contributed by atoms with Gasteiger partial charge < -0.3 is 4.90 Å². The SMILES string of the molecule is N#CCN(CC#N)C(=O)/C=C/c1ccc(Cl)c(C(F)(F)F)c1. The van der Waals surface area contributed by atoms with Crippen molar-refractivity contribution < 1.29 is 18.0 Å². The summed E-state index contributed by atoms with van der Waals surface area (Å²) in [5.41, 5.74) is -0.881. The van der Waals surface area contributed by atoms with E-state index < -0.39 is 22.7 Å². The Morgan fingerprint density at radius 1 is 1.27 bits per heavy atom. The molecule has 4 nitrogen and oxygen atoms in total. The Balaban J connectivity index is 2.98. The molecule has 0 aliphatic carbocycles. The number of hydrogen-bond acceptors (Lipinski definition) is 3. The van der Waals surface area contributed by atoms with Gasteiger partial charge in [0.2, 0.25) is 5.91 Å². The minimum absolute atomic E-state index is 0.124. The molecule has 1 aromatic carbocycles. The van der Waals surface area contributed by atoms with Crippen molar-refractivity contribution in [2.45, 2.75) is 6.18 Å². The van der Waals surface area contributed by atoms with Crippen molar-refractivity contribution in [3.63, 3.8) is 0 Å². The van der Waals surface area contributed by atoms with Gasteiger partial charge in [0.05, 0.1) is 22.7 Å². The van der Waals surface area contributed by atoms with Gasteiger partial charge >= 0.3 is 6.18 Å². The molecule has 0 fully saturated rings. The molecule has 1 aromatic rings. The molecule has 8 heteroatoms. The third-order valence-electron chi connectivity index (χ3n) is 2.55. The Kier molecular flexibility index (Phi) is 5.97. The Morgan fingerprint density at radius 2 is 1.86 bits per heavy atom. The summed E-state index contributed by atoms with van der Waals surface area (Å²) in [6, 6.07) is 6.65. The predicted molar refractivity (Wildman–Crippen MR) is 73.3 cm³/mol. The van der Waals surface area contributed by atoms with E-state index in [4.69, 9.17) is 22.1 Å². The van der Waals surface area contributed by atoms with Gasteiger partial charge in [-0.2, -0.15) is 23.7 Å². The van der Waals surface area contributed by atoms with Crippen LogP contribution in [-0.2, 0) is 11.0 Å². The number of nitriles is 2. The van der Waals surface area contributed by atoms with E-state index in [1.807, 2.05) is 0 Å². The van der Waals surface area contributed by atoms with Crippen molar-refractivity contribution in [3.8, 4) is 12.1 Å². The topological polar surface area (TPSA) is 67.9 Å². The lowest BCUT2D eigenvalue weighted by atomic mass is 10.1. The van der Waals surface area contributed by atoms with Crippen LogP contribution in [0.3, 0.4) is 0 Å². The van der Waals surface area contributed by atoms with Crippen LogP contribution in [0.25, 0.3) is 6.08 Å². The number of alkyl halides is 3. The van der Waals surface area contributed by atoms with Crippen molar-refractivity contribution in [3.05, 3.63) is 40.4 Å². The van der Waals surface area contributed by atoms with Crippen LogP contribution in [0.5, 0.6) is 0 Å². The van der Waals surface area contributed by atoms with E-state index in [2.05, 4.69) is 0 Å². The highest BCUT2D eigenvalue weighted by atomic mass is 35.5. The molecular weight excluding hydrogens is 319 g/mol. The van der Waals surface area contributed by atoms with Crippen LogP contribution in [0.2, 0.25) is 5.02 Å². The number of carbonyl (C=O) groups is 1. The maximum atomic E-state index is 12.7. The zero-order chi connectivity index (χ0) is 16.8. The first-order valence-electron chi connectivity index (χ1n) is 5.87. The largest absolute Gasteiger partial charge is 0.417 e. The summed E-state index contributed by atoms with van der Waals surface area (Å²) in [6.07, 6.45) is -2.44. The fourth-order valence-corrected chi connectivity index (χ4v) is 1.74. The number of carbonyl (C=O) groups excluding carboxylic acids is 1. The zero-order valence-corrected chi connectivity index (χ0v) is 11.8. The third-order valence-corrected chi connectivity index (χ3v) is 2.88. The van der Waals surface area contributed by atoms with E-state index in [-0.39, 0.29) is 18.7 Å². The molecule has 0 radical (unpaired) electrons. The van der Waals surface area contributed by atoms with E-state index >= 15 is 0 Å². The van der Waals surface area contributed by atoms with Crippen molar-refractivity contribution in [2.75, 3.05) is 13.1 Å². The van der Waals surface area contributed by atoms with Crippen LogP contribution in [-0.4, -0.2) is 23.9 Å². The van der Waals surface area contributed by atoms with Gasteiger partial charge in [0.1, 0.15) is 13.1 Å². The molecule has 0 atom stereocenters. The van der Waals surface area contributed by atoms with Crippen LogP contribution in [0.15, 0.2) is 24.3 Å². The van der Waals surface area contributed by atoms with E-state index in [0.29, 0.717) is 0 Å². The molecule has 0 N–H and O–H groups in total. The molecule has 0 bridgehead atoms. The molecule has 0 aromatic heterocycles. The summed E-state index contributed by atoms with van der Waals surface area (Å²) in [7, 11) is 0.